The van der Waals surface area contributed by atoms with E-state index in [2.05, 4.69) is 11.9 Å². The van der Waals surface area contributed by atoms with Crippen LogP contribution in [0.15, 0.2) is 18.2 Å². The molecule has 0 amide bonds. The quantitative estimate of drug-likeness (QED) is 0.768. The molecular weight excluding hydrogens is 250 g/mol. The Morgan fingerprint density at radius 1 is 1.30 bits per heavy atom. The summed E-state index contributed by atoms with van der Waals surface area (Å²) in [6, 6.07) is 6.38. The van der Waals surface area contributed by atoms with Crippen molar-refractivity contribution in [2.75, 3.05) is 14.2 Å². The van der Waals surface area contributed by atoms with Gasteiger partial charge in [0.1, 0.15) is 5.75 Å². The molecule has 0 unspecified atom stereocenters. The summed E-state index contributed by atoms with van der Waals surface area (Å²) in [5.74, 6) is 0.979. The van der Waals surface area contributed by atoms with E-state index < -0.39 is 0 Å². The number of ketones is 1. The molecule has 1 aliphatic carbocycles. The summed E-state index contributed by atoms with van der Waals surface area (Å²) in [5.41, 5.74) is 1.87. The van der Waals surface area contributed by atoms with Crippen LogP contribution < -0.4 is 4.74 Å². The summed E-state index contributed by atoms with van der Waals surface area (Å²) < 4.78 is 5.43. The minimum Gasteiger partial charge on any atom is -0.496 e. The molecule has 0 atom stereocenters. The Kier molecular flexibility index (Phi) is 5.18. The van der Waals surface area contributed by atoms with E-state index in [0.29, 0.717) is 6.04 Å². The molecular formula is C17H25NO2. The molecule has 0 bridgehead atoms. The molecule has 110 valence electrons. The minimum absolute atomic E-state index is 0.106. The second-order valence-corrected chi connectivity index (χ2v) is 5.79. The summed E-state index contributed by atoms with van der Waals surface area (Å²) in [7, 11) is 3.86. The predicted molar refractivity (Wildman–Crippen MR) is 81.3 cm³/mol. The van der Waals surface area contributed by atoms with E-state index >= 15 is 0 Å². The van der Waals surface area contributed by atoms with Crippen LogP contribution in [0.25, 0.3) is 0 Å². The minimum atomic E-state index is 0.106. The highest BCUT2D eigenvalue weighted by Crippen LogP contribution is 2.26. The number of rotatable bonds is 5. The molecule has 0 saturated heterocycles. The lowest BCUT2D eigenvalue weighted by Crippen LogP contribution is -2.33. The lowest BCUT2D eigenvalue weighted by atomic mass is 9.94. The standard InChI is InChI=1S/C17H25NO2/c1-13(19)14-9-10-17(20-3)15(11-14)12-18(2)16-7-5-4-6-8-16/h9-11,16H,4-8,12H2,1-3H3. The Balaban J connectivity index is 2.13. The fourth-order valence-electron chi connectivity index (χ4n) is 3.04. The van der Waals surface area contributed by atoms with Crippen LogP contribution in [0.2, 0.25) is 0 Å². The van der Waals surface area contributed by atoms with Crippen molar-refractivity contribution < 1.29 is 9.53 Å². The largest absolute Gasteiger partial charge is 0.496 e. The first-order valence-electron chi connectivity index (χ1n) is 7.50. The van der Waals surface area contributed by atoms with Gasteiger partial charge in [-0.05, 0) is 45.0 Å². The highest BCUT2D eigenvalue weighted by atomic mass is 16.5. The maximum Gasteiger partial charge on any atom is 0.159 e. The number of hydrogen-bond donors (Lipinski definition) is 0. The lowest BCUT2D eigenvalue weighted by Gasteiger charge is -2.31. The molecule has 0 spiro atoms. The van der Waals surface area contributed by atoms with Gasteiger partial charge in [0.15, 0.2) is 5.78 Å². The van der Waals surface area contributed by atoms with Crippen molar-refractivity contribution in [2.45, 2.75) is 51.6 Å². The Labute approximate surface area is 121 Å². The number of benzene rings is 1. The number of Topliss-reactive ketones (excluding diaryl/α,β-unsaturated/α-hetero) is 1. The van der Waals surface area contributed by atoms with Crippen LogP contribution in [0.1, 0.15) is 54.9 Å². The van der Waals surface area contributed by atoms with Crippen molar-refractivity contribution in [2.24, 2.45) is 0 Å². The molecule has 3 heteroatoms. The average Bonchev–Trinajstić information content (AvgIpc) is 2.48. The van der Waals surface area contributed by atoms with Gasteiger partial charge in [0.05, 0.1) is 7.11 Å². The van der Waals surface area contributed by atoms with Crippen LogP contribution in [-0.4, -0.2) is 30.9 Å². The molecule has 0 heterocycles. The number of hydrogen-bond acceptors (Lipinski definition) is 3. The SMILES string of the molecule is COc1ccc(C(C)=O)cc1CN(C)C1CCCCC1. The molecule has 0 aliphatic heterocycles. The van der Waals surface area contributed by atoms with Crippen LogP contribution in [0.4, 0.5) is 0 Å². The topological polar surface area (TPSA) is 29.5 Å². The highest BCUT2D eigenvalue weighted by molar-refractivity contribution is 5.94. The molecule has 2 rings (SSSR count). The molecule has 1 fully saturated rings. The summed E-state index contributed by atoms with van der Waals surface area (Å²) in [6.07, 6.45) is 6.60. The maximum absolute atomic E-state index is 11.5. The summed E-state index contributed by atoms with van der Waals surface area (Å²) >= 11 is 0. The van der Waals surface area contributed by atoms with Gasteiger partial charge in [0.2, 0.25) is 0 Å². The summed E-state index contributed by atoms with van der Waals surface area (Å²) in [6.45, 7) is 2.45. The number of ether oxygens (including phenoxy) is 1. The van der Waals surface area contributed by atoms with E-state index in [1.807, 2.05) is 18.2 Å². The van der Waals surface area contributed by atoms with Crippen molar-refractivity contribution in [3.63, 3.8) is 0 Å². The average molecular weight is 275 g/mol. The van der Waals surface area contributed by atoms with Gasteiger partial charge in [-0.1, -0.05) is 19.3 Å². The summed E-state index contributed by atoms with van der Waals surface area (Å²) in [5, 5.41) is 0. The van der Waals surface area contributed by atoms with Crippen LogP contribution in [0.3, 0.4) is 0 Å². The first-order chi connectivity index (χ1) is 9.61. The van der Waals surface area contributed by atoms with E-state index in [1.165, 1.54) is 32.1 Å². The van der Waals surface area contributed by atoms with Crippen molar-refractivity contribution in [3.8, 4) is 5.75 Å². The third kappa shape index (κ3) is 3.60. The van der Waals surface area contributed by atoms with Gasteiger partial charge in [-0.2, -0.15) is 0 Å². The third-order valence-corrected chi connectivity index (χ3v) is 4.30. The van der Waals surface area contributed by atoms with Crippen molar-refractivity contribution in [3.05, 3.63) is 29.3 Å². The van der Waals surface area contributed by atoms with Crippen LogP contribution >= 0.6 is 0 Å². The lowest BCUT2D eigenvalue weighted by molar-refractivity contribution is 0.101. The molecule has 1 aromatic rings. The second kappa shape index (κ2) is 6.89. The Morgan fingerprint density at radius 2 is 2.00 bits per heavy atom. The molecule has 0 aromatic heterocycles. The number of carbonyl (C=O) groups excluding carboxylic acids is 1. The fraction of sp³-hybridized carbons (Fsp3) is 0.588. The van der Waals surface area contributed by atoms with Gasteiger partial charge >= 0.3 is 0 Å². The van der Waals surface area contributed by atoms with E-state index in [4.69, 9.17) is 4.74 Å². The first-order valence-corrected chi connectivity index (χ1v) is 7.50. The summed E-state index contributed by atoms with van der Waals surface area (Å²) in [4.78, 5) is 13.9. The number of carbonyl (C=O) groups is 1. The highest BCUT2D eigenvalue weighted by Gasteiger charge is 2.19. The van der Waals surface area contributed by atoms with Crippen LogP contribution in [0, 0.1) is 0 Å². The molecule has 0 N–H and O–H groups in total. The molecule has 1 aromatic carbocycles. The normalized spacial score (nSPS) is 16.4. The zero-order chi connectivity index (χ0) is 14.5. The smallest absolute Gasteiger partial charge is 0.159 e. The molecule has 1 aliphatic rings. The van der Waals surface area contributed by atoms with Crippen LogP contribution in [0.5, 0.6) is 5.75 Å². The van der Waals surface area contributed by atoms with Gasteiger partial charge in [-0.3, -0.25) is 9.69 Å². The maximum atomic E-state index is 11.5. The van der Waals surface area contributed by atoms with Gasteiger partial charge in [0.25, 0.3) is 0 Å². The van der Waals surface area contributed by atoms with Crippen LogP contribution in [-0.2, 0) is 6.54 Å². The van der Waals surface area contributed by atoms with Crippen molar-refractivity contribution in [1.29, 1.82) is 0 Å². The Bertz CT molecular complexity index is 464. The first kappa shape index (κ1) is 15.0. The number of nitrogens with zero attached hydrogens (tertiary/aromatic N) is 1. The van der Waals surface area contributed by atoms with E-state index in [-0.39, 0.29) is 5.78 Å². The zero-order valence-corrected chi connectivity index (χ0v) is 12.8. The van der Waals surface area contributed by atoms with Gasteiger partial charge in [-0.25, -0.2) is 0 Å². The monoisotopic (exact) mass is 275 g/mol. The van der Waals surface area contributed by atoms with Gasteiger partial charge in [0, 0.05) is 23.7 Å². The third-order valence-electron chi connectivity index (χ3n) is 4.30. The van der Waals surface area contributed by atoms with Crippen molar-refractivity contribution in [1.82, 2.24) is 4.90 Å². The molecule has 3 nitrogen and oxygen atoms in total. The van der Waals surface area contributed by atoms with Crippen molar-refractivity contribution >= 4 is 5.78 Å². The van der Waals surface area contributed by atoms with E-state index in [0.717, 1.165) is 23.4 Å². The Hall–Kier alpha value is -1.35. The molecule has 20 heavy (non-hydrogen) atoms. The van der Waals surface area contributed by atoms with E-state index in [1.54, 1.807) is 14.0 Å². The number of methoxy groups -OCH3 is 1. The second-order valence-electron chi connectivity index (χ2n) is 5.79. The molecule has 1 saturated carbocycles. The van der Waals surface area contributed by atoms with Gasteiger partial charge in [-0.15, -0.1) is 0 Å². The fourth-order valence-corrected chi connectivity index (χ4v) is 3.04. The van der Waals surface area contributed by atoms with Gasteiger partial charge < -0.3 is 4.74 Å². The van der Waals surface area contributed by atoms with E-state index in [9.17, 15) is 4.79 Å². The molecule has 0 radical (unpaired) electrons. The predicted octanol–water partition coefficient (Wildman–Crippen LogP) is 3.66. The zero-order valence-electron chi connectivity index (χ0n) is 12.8. The Morgan fingerprint density at radius 3 is 2.60 bits per heavy atom.